The number of carbonyl (C=O) groups is 1. The molecule has 0 spiro atoms. The van der Waals surface area contributed by atoms with Gasteiger partial charge in [-0.3, -0.25) is 14.0 Å². The molecule has 198 valence electrons. The maximum Gasteiger partial charge on any atom is 0.255 e. The first-order valence-corrected chi connectivity index (χ1v) is 14.0. The van der Waals surface area contributed by atoms with Crippen LogP contribution in [0.25, 0.3) is 22.3 Å². The summed E-state index contributed by atoms with van der Waals surface area (Å²) in [6.07, 6.45) is 1.16. The van der Waals surface area contributed by atoms with Gasteiger partial charge in [0.2, 0.25) is 10.0 Å². The number of benzene rings is 3. The molecule has 2 heterocycles. The third-order valence-corrected chi connectivity index (χ3v) is 8.13. The molecule has 0 fully saturated rings. The third-order valence-electron chi connectivity index (χ3n) is 6.95. The van der Waals surface area contributed by atoms with Gasteiger partial charge in [0.25, 0.3) is 5.91 Å². The lowest BCUT2D eigenvalue weighted by Gasteiger charge is -2.27. The van der Waals surface area contributed by atoms with E-state index in [2.05, 4.69) is 10.2 Å². The van der Waals surface area contributed by atoms with E-state index >= 15 is 0 Å². The molecule has 0 aliphatic carbocycles. The minimum atomic E-state index is -3.64. The molecule has 1 amide bonds. The van der Waals surface area contributed by atoms with Crippen molar-refractivity contribution in [1.82, 2.24) is 10.2 Å². The molecule has 4 aromatic rings. The summed E-state index contributed by atoms with van der Waals surface area (Å²) in [4.78, 5) is 15.1. The van der Waals surface area contributed by atoms with Crippen molar-refractivity contribution in [3.63, 3.8) is 0 Å². The number of carbonyl (C=O) groups excluding carboxylic acids is 1. The summed E-state index contributed by atoms with van der Waals surface area (Å²) in [6.45, 7) is 3.09. The van der Waals surface area contributed by atoms with Gasteiger partial charge in [-0.25, -0.2) is 17.2 Å². The Kier molecular flexibility index (Phi) is 6.70. The summed E-state index contributed by atoms with van der Waals surface area (Å²) in [5.41, 5.74) is 3.21. The molecule has 3 aromatic carbocycles. The first-order chi connectivity index (χ1) is 18.1. The van der Waals surface area contributed by atoms with Crippen LogP contribution in [0, 0.1) is 11.6 Å². The van der Waals surface area contributed by atoms with E-state index in [1.807, 2.05) is 6.92 Å². The minimum absolute atomic E-state index is 0.205. The molecule has 1 aromatic heterocycles. The molecular formula is C28H27F2N3O4S. The van der Waals surface area contributed by atoms with Crippen molar-refractivity contribution in [1.29, 1.82) is 0 Å². The van der Waals surface area contributed by atoms with E-state index in [-0.39, 0.29) is 35.6 Å². The first kappa shape index (κ1) is 25.9. The van der Waals surface area contributed by atoms with Gasteiger partial charge in [-0.05, 0) is 60.5 Å². The number of anilines is 1. The Hall–Kier alpha value is -3.76. The van der Waals surface area contributed by atoms with Crippen LogP contribution in [0.1, 0.15) is 34.5 Å². The summed E-state index contributed by atoms with van der Waals surface area (Å²) in [7, 11) is -2.13. The predicted molar refractivity (Wildman–Crippen MR) is 142 cm³/mol. The quantitative estimate of drug-likeness (QED) is 0.383. The van der Waals surface area contributed by atoms with E-state index in [1.165, 1.54) is 47.8 Å². The maximum atomic E-state index is 13.6. The molecule has 0 bridgehead atoms. The zero-order valence-corrected chi connectivity index (χ0v) is 22.0. The molecule has 1 atom stereocenters. The number of amides is 1. The first-order valence-electron chi connectivity index (χ1n) is 12.1. The van der Waals surface area contributed by atoms with Crippen molar-refractivity contribution in [2.24, 2.45) is 0 Å². The largest absolute Gasteiger partial charge is 0.455 e. The predicted octanol–water partition coefficient (Wildman–Crippen LogP) is 5.08. The summed E-state index contributed by atoms with van der Waals surface area (Å²) in [5.74, 6) is -0.863. The number of hydrogen-bond donors (Lipinski definition) is 1. The Bertz CT molecular complexity index is 1620. The van der Waals surface area contributed by atoms with Gasteiger partial charge in [0.15, 0.2) is 0 Å². The van der Waals surface area contributed by atoms with Crippen LogP contribution in [0.4, 0.5) is 14.5 Å². The topological polar surface area (TPSA) is 82.9 Å². The second kappa shape index (κ2) is 9.85. The van der Waals surface area contributed by atoms with Crippen LogP contribution in [0.3, 0.4) is 0 Å². The Morgan fingerprint density at radius 3 is 2.26 bits per heavy atom. The average molecular weight is 540 g/mol. The molecule has 1 aliphatic heterocycles. The number of fused-ring (bicyclic) bond motifs is 2. The third kappa shape index (κ3) is 4.77. The van der Waals surface area contributed by atoms with E-state index in [0.29, 0.717) is 40.9 Å². The Morgan fingerprint density at radius 1 is 1.03 bits per heavy atom. The van der Waals surface area contributed by atoms with Crippen molar-refractivity contribution in [3.8, 4) is 11.3 Å². The lowest BCUT2D eigenvalue weighted by atomic mass is 9.99. The Morgan fingerprint density at radius 2 is 1.66 bits per heavy atom. The van der Waals surface area contributed by atoms with Gasteiger partial charge in [-0.2, -0.15) is 0 Å². The second-order valence-electron chi connectivity index (χ2n) is 9.41. The van der Waals surface area contributed by atoms with Crippen molar-refractivity contribution in [2.45, 2.75) is 19.5 Å². The smallest absolute Gasteiger partial charge is 0.255 e. The van der Waals surface area contributed by atoms with Gasteiger partial charge in [0, 0.05) is 49.7 Å². The van der Waals surface area contributed by atoms with Gasteiger partial charge in [-0.1, -0.05) is 12.1 Å². The molecule has 7 nitrogen and oxygen atoms in total. The van der Waals surface area contributed by atoms with E-state index in [9.17, 15) is 22.0 Å². The van der Waals surface area contributed by atoms with Gasteiger partial charge in [0.1, 0.15) is 23.0 Å². The van der Waals surface area contributed by atoms with Gasteiger partial charge < -0.3 is 9.73 Å². The fourth-order valence-electron chi connectivity index (χ4n) is 4.97. The number of rotatable bonds is 5. The monoisotopic (exact) mass is 539 g/mol. The van der Waals surface area contributed by atoms with E-state index in [4.69, 9.17) is 4.42 Å². The summed E-state index contributed by atoms with van der Waals surface area (Å²) in [5, 5.41) is 3.16. The molecule has 0 radical (unpaired) electrons. The Balaban J connectivity index is 1.70. The van der Waals surface area contributed by atoms with Crippen LogP contribution in [-0.4, -0.2) is 45.6 Å². The molecule has 10 heteroatoms. The lowest BCUT2D eigenvalue weighted by molar-refractivity contribution is 0.0964. The zero-order valence-electron chi connectivity index (χ0n) is 21.2. The molecule has 0 saturated heterocycles. The van der Waals surface area contributed by atoms with Crippen LogP contribution in [0.2, 0.25) is 0 Å². The van der Waals surface area contributed by atoms with Crippen LogP contribution in [0.15, 0.2) is 65.1 Å². The van der Waals surface area contributed by atoms with Crippen LogP contribution < -0.4 is 9.62 Å². The summed E-state index contributed by atoms with van der Waals surface area (Å²) >= 11 is 0. The molecule has 5 rings (SSSR count). The van der Waals surface area contributed by atoms with Crippen LogP contribution in [0.5, 0.6) is 0 Å². The molecule has 1 N–H and O–H groups in total. The highest BCUT2D eigenvalue weighted by Crippen LogP contribution is 2.42. The van der Waals surface area contributed by atoms with E-state index in [1.54, 1.807) is 24.3 Å². The molecule has 1 aliphatic rings. The van der Waals surface area contributed by atoms with Gasteiger partial charge in [0.05, 0.1) is 17.5 Å². The standard InChI is InChI=1S/C28H27F2N3O4S/c1-17-22-14-23-25(37-27(26(23)28(34)31-2)19-6-10-21(30)11-7-19)15-24(22)33(38(3,35)36)13-12-32(17)16-18-4-8-20(29)9-5-18/h4-11,14-15,17H,12-13,16H2,1-3H3,(H,31,34). The number of nitrogens with zero attached hydrogens (tertiary/aromatic N) is 2. The second-order valence-corrected chi connectivity index (χ2v) is 11.3. The molecule has 0 saturated carbocycles. The minimum Gasteiger partial charge on any atom is -0.455 e. The van der Waals surface area contributed by atoms with Crippen LogP contribution >= 0.6 is 0 Å². The highest BCUT2D eigenvalue weighted by atomic mass is 32.2. The van der Waals surface area contributed by atoms with E-state index < -0.39 is 15.8 Å². The summed E-state index contributed by atoms with van der Waals surface area (Å²) in [6, 6.07) is 15.1. The van der Waals surface area contributed by atoms with Crippen molar-refractivity contribution in [3.05, 3.63) is 89.0 Å². The number of nitrogens with one attached hydrogen (secondary N) is 1. The zero-order chi connectivity index (χ0) is 27.2. The van der Waals surface area contributed by atoms with E-state index in [0.717, 1.165) is 11.8 Å². The maximum absolute atomic E-state index is 13.6. The van der Waals surface area contributed by atoms with Gasteiger partial charge >= 0.3 is 0 Å². The van der Waals surface area contributed by atoms with Crippen molar-refractivity contribution >= 4 is 32.6 Å². The van der Waals surface area contributed by atoms with Gasteiger partial charge in [-0.15, -0.1) is 0 Å². The Labute approximate surface area is 219 Å². The SMILES string of the molecule is CNC(=O)c1c(-c2ccc(F)cc2)oc2cc3c(cc12)C(C)N(Cc1ccc(F)cc1)CCN3S(C)(=O)=O. The number of halogens is 2. The fourth-order valence-corrected chi connectivity index (χ4v) is 5.90. The highest BCUT2D eigenvalue weighted by molar-refractivity contribution is 7.92. The molecular weight excluding hydrogens is 512 g/mol. The van der Waals surface area contributed by atoms with Crippen LogP contribution in [-0.2, 0) is 16.6 Å². The molecule has 1 unspecified atom stereocenters. The highest BCUT2D eigenvalue weighted by Gasteiger charge is 2.32. The normalized spacial score (nSPS) is 16.3. The fraction of sp³-hybridized carbons (Fsp3) is 0.250. The number of sulfonamides is 1. The summed E-state index contributed by atoms with van der Waals surface area (Å²) < 4.78 is 60.3. The number of hydrogen-bond acceptors (Lipinski definition) is 5. The average Bonchev–Trinajstić information content (AvgIpc) is 3.19. The van der Waals surface area contributed by atoms with Crippen molar-refractivity contribution in [2.75, 3.05) is 30.7 Å². The molecule has 38 heavy (non-hydrogen) atoms. The number of furan rings is 1. The lowest BCUT2D eigenvalue weighted by Crippen LogP contribution is -2.35. The van der Waals surface area contributed by atoms with Crippen molar-refractivity contribution < 1.29 is 26.4 Å².